The van der Waals surface area contributed by atoms with Gasteiger partial charge in [0.2, 0.25) is 5.88 Å². The summed E-state index contributed by atoms with van der Waals surface area (Å²) in [6, 6.07) is 14.7. The number of pyridine rings is 1. The minimum Gasteiger partial charge on any atom is -0.437 e. The molecule has 1 heterocycles. The molecular weight excluding hydrogens is 340 g/mol. The number of fused-ring (bicyclic) bond motifs is 1. The van der Waals surface area contributed by atoms with Crippen LogP contribution in [0.1, 0.15) is 0 Å². The zero-order valence-corrected chi connectivity index (χ0v) is 12.6. The fourth-order valence-electron chi connectivity index (χ4n) is 1.85. The smallest absolute Gasteiger partial charge is 0.219 e. The molecule has 0 aliphatic rings. The summed E-state index contributed by atoms with van der Waals surface area (Å²) in [6.45, 7) is 0. The molecule has 0 saturated heterocycles. The first-order valence-electron chi connectivity index (χ1n) is 5.91. The molecule has 5 heteroatoms. The molecule has 3 aromatic rings. The Morgan fingerprint density at radius 2 is 1.90 bits per heavy atom. The first-order valence-corrected chi connectivity index (χ1v) is 7.08. The van der Waals surface area contributed by atoms with E-state index in [1.54, 1.807) is 18.2 Å². The fraction of sp³-hybridized carbons (Fsp3) is 0. The molecule has 0 spiro atoms. The van der Waals surface area contributed by atoms with Gasteiger partial charge in [0.25, 0.3) is 0 Å². The maximum absolute atomic E-state index is 6.12. The molecule has 2 N–H and O–H groups in total. The van der Waals surface area contributed by atoms with Crippen molar-refractivity contribution in [2.75, 3.05) is 5.73 Å². The number of nitrogens with zero attached hydrogens (tertiary/aromatic N) is 1. The second-order valence-electron chi connectivity index (χ2n) is 4.28. The third-order valence-electron chi connectivity index (χ3n) is 2.80. The van der Waals surface area contributed by atoms with E-state index >= 15 is 0 Å². The monoisotopic (exact) mass is 348 g/mol. The maximum atomic E-state index is 6.12. The quantitative estimate of drug-likeness (QED) is 0.660. The first kappa shape index (κ1) is 13.2. The van der Waals surface area contributed by atoms with Gasteiger partial charge in [-0.3, -0.25) is 0 Å². The summed E-state index contributed by atoms with van der Waals surface area (Å²) in [6.07, 6.45) is 0. The highest BCUT2D eigenvalue weighted by Gasteiger charge is 2.06. The molecule has 3 nitrogen and oxygen atoms in total. The number of hydrogen-bond acceptors (Lipinski definition) is 3. The van der Waals surface area contributed by atoms with Crippen LogP contribution in [0.3, 0.4) is 0 Å². The van der Waals surface area contributed by atoms with Crippen molar-refractivity contribution >= 4 is 44.1 Å². The van der Waals surface area contributed by atoms with E-state index in [0.717, 1.165) is 15.4 Å². The van der Waals surface area contributed by atoms with E-state index in [2.05, 4.69) is 20.9 Å². The van der Waals surface area contributed by atoms with Crippen LogP contribution in [0.4, 0.5) is 5.69 Å². The molecule has 0 fully saturated rings. The summed E-state index contributed by atoms with van der Waals surface area (Å²) in [4.78, 5) is 4.43. The Morgan fingerprint density at radius 3 is 2.70 bits per heavy atom. The number of hydrogen-bond donors (Lipinski definition) is 1. The molecule has 1 aromatic heterocycles. The molecule has 0 unspecified atom stereocenters. The zero-order valence-electron chi connectivity index (χ0n) is 10.3. The van der Waals surface area contributed by atoms with Gasteiger partial charge in [0, 0.05) is 21.6 Å². The number of anilines is 1. The predicted molar refractivity (Wildman–Crippen MR) is 85.4 cm³/mol. The van der Waals surface area contributed by atoms with Gasteiger partial charge in [-0.15, -0.1) is 0 Å². The minimum absolute atomic E-state index is 0.492. The molecule has 0 aliphatic carbocycles. The van der Waals surface area contributed by atoms with Gasteiger partial charge >= 0.3 is 0 Å². The van der Waals surface area contributed by atoms with E-state index in [-0.39, 0.29) is 0 Å². The molecule has 100 valence electrons. The topological polar surface area (TPSA) is 48.1 Å². The second-order valence-corrected chi connectivity index (χ2v) is 5.60. The van der Waals surface area contributed by atoms with Gasteiger partial charge < -0.3 is 10.5 Å². The lowest BCUT2D eigenvalue weighted by Crippen LogP contribution is -1.90. The number of ether oxygens (including phenoxy) is 1. The van der Waals surface area contributed by atoms with Gasteiger partial charge in [-0.1, -0.05) is 27.5 Å². The Kier molecular flexibility index (Phi) is 3.51. The third kappa shape index (κ3) is 2.71. The minimum atomic E-state index is 0.492. The Balaban J connectivity index is 1.96. The van der Waals surface area contributed by atoms with Crippen LogP contribution in [-0.4, -0.2) is 4.98 Å². The van der Waals surface area contributed by atoms with Gasteiger partial charge in [0.05, 0.1) is 10.5 Å². The van der Waals surface area contributed by atoms with Crippen molar-refractivity contribution in [3.63, 3.8) is 0 Å². The van der Waals surface area contributed by atoms with E-state index in [1.165, 1.54) is 0 Å². The average Bonchev–Trinajstić information content (AvgIpc) is 2.42. The summed E-state index contributed by atoms with van der Waals surface area (Å²) in [5.74, 6) is 1.06. The predicted octanol–water partition coefficient (Wildman–Crippen LogP) is 5.03. The number of rotatable bonds is 2. The SMILES string of the molecule is Nc1ccc2nc(Oc3ccc(Br)cc3Cl)ccc2c1. The van der Waals surface area contributed by atoms with Crippen LogP contribution in [0.25, 0.3) is 10.9 Å². The summed E-state index contributed by atoms with van der Waals surface area (Å²) in [7, 11) is 0. The molecule has 3 rings (SSSR count). The summed E-state index contributed by atoms with van der Waals surface area (Å²) < 4.78 is 6.61. The molecule has 0 atom stereocenters. The molecule has 0 radical (unpaired) electrons. The van der Waals surface area contributed by atoms with Crippen LogP contribution in [0.15, 0.2) is 53.0 Å². The molecule has 0 saturated carbocycles. The van der Waals surface area contributed by atoms with Crippen LogP contribution in [0, 0.1) is 0 Å². The highest BCUT2D eigenvalue weighted by molar-refractivity contribution is 9.10. The third-order valence-corrected chi connectivity index (χ3v) is 3.58. The summed E-state index contributed by atoms with van der Waals surface area (Å²) in [5.41, 5.74) is 7.27. The first-order chi connectivity index (χ1) is 9.61. The van der Waals surface area contributed by atoms with E-state index in [9.17, 15) is 0 Å². The normalized spacial score (nSPS) is 10.7. The van der Waals surface area contributed by atoms with E-state index in [1.807, 2.05) is 30.3 Å². The van der Waals surface area contributed by atoms with Crippen LogP contribution >= 0.6 is 27.5 Å². The second kappa shape index (κ2) is 5.31. The number of benzene rings is 2. The van der Waals surface area contributed by atoms with Gasteiger partial charge in [0.15, 0.2) is 0 Å². The number of nitrogen functional groups attached to an aromatic ring is 1. The number of halogens is 2. The average molecular weight is 350 g/mol. The summed E-state index contributed by atoms with van der Waals surface area (Å²) in [5, 5.41) is 1.50. The molecule has 20 heavy (non-hydrogen) atoms. The van der Waals surface area contributed by atoms with Crippen LogP contribution in [-0.2, 0) is 0 Å². The summed E-state index contributed by atoms with van der Waals surface area (Å²) >= 11 is 9.47. The lowest BCUT2D eigenvalue weighted by atomic mass is 10.2. The van der Waals surface area contributed by atoms with Crippen LogP contribution in [0.5, 0.6) is 11.6 Å². The lowest BCUT2D eigenvalue weighted by Gasteiger charge is -2.08. The van der Waals surface area contributed by atoms with Crippen molar-refractivity contribution < 1.29 is 4.74 Å². The van der Waals surface area contributed by atoms with Crippen molar-refractivity contribution in [3.05, 3.63) is 58.0 Å². The molecule has 0 amide bonds. The Bertz CT molecular complexity index is 792. The largest absolute Gasteiger partial charge is 0.437 e. The molecule has 0 aliphatic heterocycles. The van der Waals surface area contributed by atoms with Gasteiger partial charge in [-0.05, 0) is 42.5 Å². The molecule has 2 aromatic carbocycles. The standard InChI is InChI=1S/C15H10BrClN2O/c16-10-2-5-14(12(17)8-10)20-15-6-1-9-7-11(18)3-4-13(9)19-15/h1-8H,18H2. The van der Waals surface area contributed by atoms with Crippen molar-refractivity contribution in [1.82, 2.24) is 4.98 Å². The lowest BCUT2D eigenvalue weighted by molar-refractivity contribution is 0.465. The van der Waals surface area contributed by atoms with Crippen molar-refractivity contribution in [3.8, 4) is 11.6 Å². The number of nitrogens with two attached hydrogens (primary N) is 1. The Labute approximate surface area is 129 Å². The maximum Gasteiger partial charge on any atom is 0.219 e. The van der Waals surface area contributed by atoms with Crippen molar-refractivity contribution in [2.24, 2.45) is 0 Å². The molecule has 0 bridgehead atoms. The zero-order chi connectivity index (χ0) is 14.1. The van der Waals surface area contributed by atoms with Crippen LogP contribution in [0.2, 0.25) is 5.02 Å². The van der Waals surface area contributed by atoms with Gasteiger partial charge in [-0.25, -0.2) is 4.98 Å². The van der Waals surface area contributed by atoms with Crippen molar-refractivity contribution in [1.29, 1.82) is 0 Å². The van der Waals surface area contributed by atoms with E-state index in [0.29, 0.717) is 22.3 Å². The molecular formula is C15H10BrClN2O. The van der Waals surface area contributed by atoms with Crippen molar-refractivity contribution in [2.45, 2.75) is 0 Å². The van der Waals surface area contributed by atoms with Crippen LogP contribution < -0.4 is 10.5 Å². The van der Waals surface area contributed by atoms with E-state index in [4.69, 9.17) is 22.1 Å². The van der Waals surface area contributed by atoms with Gasteiger partial charge in [0.1, 0.15) is 5.75 Å². The highest BCUT2D eigenvalue weighted by atomic mass is 79.9. The van der Waals surface area contributed by atoms with E-state index < -0.39 is 0 Å². The fourth-order valence-corrected chi connectivity index (χ4v) is 2.56. The highest BCUT2D eigenvalue weighted by Crippen LogP contribution is 2.31. The Hall–Kier alpha value is -1.78. The number of aromatic nitrogens is 1. The Morgan fingerprint density at radius 1 is 1.05 bits per heavy atom. The van der Waals surface area contributed by atoms with Gasteiger partial charge in [-0.2, -0.15) is 0 Å².